The quantitative estimate of drug-likeness (QED) is 0.844. The zero-order valence-electron chi connectivity index (χ0n) is 10.5. The average molecular weight is 230 g/mol. The Kier molecular flexibility index (Phi) is 2.93. The molecule has 3 saturated heterocycles. The molecule has 2 nitrogen and oxygen atoms in total. The van der Waals surface area contributed by atoms with Crippen molar-refractivity contribution in [2.45, 2.75) is 37.8 Å². The summed E-state index contributed by atoms with van der Waals surface area (Å²) < 4.78 is 0. The Bertz CT molecular complexity index is 366. The van der Waals surface area contributed by atoms with Crippen LogP contribution in [-0.4, -0.2) is 30.1 Å². The topological polar surface area (TPSA) is 29.3 Å². The maximum Gasteiger partial charge on any atom is 0.0315 e. The van der Waals surface area contributed by atoms with Gasteiger partial charge in [0.25, 0.3) is 0 Å². The lowest BCUT2D eigenvalue weighted by Crippen LogP contribution is -2.62. The van der Waals surface area contributed by atoms with Crippen molar-refractivity contribution in [2.24, 2.45) is 11.7 Å². The minimum absolute atomic E-state index is 0.368. The lowest BCUT2D eigenvalue weighted by atomic mass is 9.73. The normalized spacial score (nSPS) is 38.0. The largest absolute Gasteiger partial charge is 0.326 e. The molecule has 3 aliphatic heterocycles. The van der Waals surface area contributed by atoms with Crippen LogP contribution in [-0.2, 0) is 0 Å². The molecular weight excluding hydrogens is 208 g/mol. The molecule has 0 spiro atoms. The molecule has 3 heterocycles. The Morgan fingerprint density at radius 1 is 1.18 bits per heavy atom. The number of hydrogen-bond acceptors (Lipinski definition) is 2. The summed E-state index contributed by atoms with van der Waals surface area (Å²) in [5.74, 6) is 1.31. The monoisotopic (exact) mass is 230 g/mol. The first-order valence-corrected chi connectivity index (χ1v) is 6.82. The molecule has 2 bridgehead atoms. The van der Waals surface area contributed by atoms with E-state index in [0.29, 0.717) is 18.0 Å². The second-order valence-corrected chi connectivity index (χ2v) is 5.64. The van der Waals surface area contributed by atoms with Crippen LogP contribution in [0, 0.1) is 5.92 Å². The van der Waals surface area contributed by atoms with Gasteiger partial charge in [-0.05, 0) is 43.3 Å². The predicted octanol–water partition coefficient (Wildman–Crippen LogP) is 2.21. The van der Waals surface area contributed by atoms with Crippen molar-refractivity contribution in [1.29, 1.82) is 0 Å². The number of benzene rings is 1. The Balaban J connectivity index is 1.84. The van der Waals surface area contributed by atoms with Gasteiger partial charge in [-0.3, -0.25) is 4.90 Å². The van der Waals surface area contributed by atoms with Crippen LogP contribution >= 0.6 is 0 Å². The molecule has 0 aromatic heterocycles. The lowest BCUT2D eigenvalue weighted by Gasteiger charge is -2.52. The van der Waals surface area contributed by atoms with Crippen molar-refractivity contribution in [3.05, 3.63) is 35.9 Å². The lowest BCUT2D eigenvalue weighted by molar-refractivity contribution is 0.0171. The number of nitrogens with two attached hydrogens (primary N) is 1. The maximum absolute atomic E-state index is 6.46. The minimum atomic E-state index is 0.368. The number of nitrogens with zero attached hydrogens (tertiary/aromatic N) is 1. The van der Waals surface area contributed by atoms with E-state index in [1.165, 1.54) is 31.5 Å². The van der Waals surface area contributed by atoms with E-state index in [1.807, 2.05) is 0 Å². The molecule has 0 radical (unpaired) electrons. The molecule has 92 valence electrons. The molecule has 1 aromatic rings. The highest BCUT2D eigenvalue weighted by molar-refractivity contribution is 5.22. The van der Waals surface area contributed by atoms with Crippen molar-refractivity contribution in [3.8, 4) is 0 Å². The van der Waals surface area contributed by atoms with Gasteiger partial charge in [-0.15, -0.1) is 0 Å². The van der Waals surface area contributed by atoms with Gasteiger partial charge in [0.05, 0.1) is 0 Å². The molecule has 3 fully saturated rings. The number of piperidine rings is 3. The number of rotatable bonds is 2. The highest BCUT2D eigenvalue weighted by Crippen LogP contribution is 2.37. The molecule has 2 unspecified atom stereocenters. The Hall–Kier alpha value is -0.860. The number of hydrogen-bond donors (Lipinski definition) is 1. The van der Waals surface area contributed by atoms with Gasteiger partial charge in [0.1, 0.15) is 0 Å². The summed E-state index contributed by atoms with van der Waals surface area (Å²) in [6.45, 7) is 4.83. The fourth-order valence-corrected chi connectivity index (χ4v) is 3.73. The van der Waals surface area contributed by atoms with Crippen molar-refractivity contribution < 1.29 is 0 Å². The summed E-state index contributed by atoms with van der Waals surface area (Å²) in [6.07, 6.45) is 2.61. The molecule has 0 amide bonds. The molecule has 4 rings (SSSR count). The summed E-state index contributed by atoms with van der Waals surface area (Å²) in [5, 5.41) is 0. The van der Waals surface area contributed by atoms with Gasteiger partial charge in [0, 0.05) is 12.1 Å². The Labute approximate surface area is 104 Å². The van der Waals surface area contributed by atoms with Gasteiger partial charge >= 0.3 is 0 Å². The van der Waals surface area contributed by atoms with Crippen LogP contribution in [0.5, 0.6) is 0 Å². The highest BCUT2D eigenvalue weighted by atomic mass is 15.2. The van der Waals surface area contributed by atoms with Crippen molar-refractivity contribution in [3.63, 3.8) is 0 Å². The van der Waals surface area contributed by atoms with E-state index in [4.69, 9.17) is 5.73 Å². The van der Waals surface area contributed by atoms with Gasteiger partial charge in [0.2, 0.25) is 0 Å². The van der Waals surface area contributed by atoms with Gasteiger partial charge in [-0.25, -0.2) is 0 Å². The van der Waals surface area contributed by atoms with E-state index >= 15 is 0 Å². The zero-order chi connectivity index (χ0) is 11.8. The summed E-state index contributed by atoms with van der Waals surface area (Å²) >= 11 is 0. The third kappa shape index (κ3) is 1.90. The Morgan fingerprint density at radius 2 is 1.82 bits per heavy atom. The van der Waals surface area contributed by atoms with Crippen LogP contribution in [0.25, 0.3) is 0 Å². The van der Waals surface area contributed by atoms with E-state index in [-0.39, 0.29) is 0 Å². The summed E-state index contributed by atoms with van der Waals surface area (Å²) in [7, 11) is 0. The number of fused-ring (bicyclic) bond motifs is 3. The van der Waals surface area contributed by atoms with E-state index in [2.05, 4.69) is 42.2 Å². The minimum Gasteiger partial charge on any atom is -0.326 e. The summed E-state index contributed by atoms with van der Waals surface area (Å²) in [6, 6.07) is 11.7. The van der Waals surface area contributed by atoms with Crippen molar-refractivity contribution in [2.75, 3.05) is 13.1 Å². The molecule has 0 saturated carbocycles. The predicted molar refractivity (Wildman–Crippen MR) is 70.9 cm³/mol. The first-order chi connectivity index (χ1) is 8.27. The van der Waals surface area contributed by atoms with Crippen LogP contribution in [0.2, 0.25) is 0 Å². The third-order valence-electron chi connectivity index (χ3n) is 4.77. The molecule has 3 atom stereocenters. The standard InChI is InChI=1S/C15H22N2/c1-11(12-5-3-2-4-6-12)15-14(16)13-7-9-17(15)10-8-13/h2-6,11,13-15H,7-10,16H2,1H3/t11-,14?,15?/m1/s1. The van der Waals surface area contributed by atoms with Gasteiger partial charge < -0.3 is 5.73 Å². The van der Waals surface area contributed by atoms with Crippen LogP contribution in [0.15, 0.2) is 30.3 Å². The molecular formula is C15H22N2. The SMILES string of the molecule is C[C@H](c1ccccc1)C1C(N)C2CCN1CC2. The maximum atomic E-state index is 6.46. The van der Waals surface area contributed by atoms with Crippen molar-refractivity contribution in [1.82, 2.24) is 4.90 Å². The third-order valence-corrected chi connectivity index (χ3v) is 4.77. The second kappa shape index (κ2) is 4.43. The van der Waals surface area contributed by atoms with Crippen LogP contribution < -0.4 is 5.73 Å². The summed E-state index contributed by atoms with van der Waals surface area (Å²) in [5.41, 5.74) is 7.89. The fraction of sp³-hybridized carbons (Fsp3) is 0.600. The fourth-order valence-electron chi connectivity index (χ4n) is 3.73. The first kappa shape index (κ1) is 11.2. The van der Waals surface area contributed by atoms with Gasteiger partial charge in [-0.1, -0.05) is 37.3 Å². The van der Waals surface area contributed by atoms with E-state index in [1.54, 1.807) is 0 Å². The van der Waals surface area contributed by atoms with E-state index in [0.717, 1.165) is 5.92 Å². The average Bonchev–Trinajstić information content (AvgIpc) is 2.40. The van der Waals surface area contributed by atoms with Gasteiger partial charge in [-0.2, -0.15) is 0 Å². The van der Waals surface area contributed by atoms with Crippen LogP contribution in [0.4, 0.5) is 0 Å². The van der Waals surface area contributed by atoms with Gasteiger partial charge in [0.15, 0.2) is 0 Å². The second-order valence-electron chi connectivity index (χ2n) is 5.64. The Morgan fingerprint density at radius 3 is 2.41 bits per heavy atom. The highest BCUT2D eigenvalue weighted by Gasteiger charge is 2.42. The molecule has 3 aliphatic rings. The molecule has 2 N–H and O–H groups in total. The molecule has 17 heavy (non-hydrogen) atoms. The van der Waals surface area contributed by atoms with Crippen LogP contribution in [0.1, 0.15) is 31.2 Å². The molecule has 0 aliphatic carbocycles. The zero-order valence-corrected chi connectivity index (χ0v) is 10.5. The molecule has 1 aromatic carbocycles. The van der Waals surface area contributed by atoms with Crippen molar-refractivity contribution >= 4 is 0 Å². The first-order valence-electron chi connectivity index (χ1n) is 6.82. The molecule has 2 heteroatoms. The van der Waals surface area contributed by atoms with E-state index in [9.17, 15) is 0 Å². The summed E-state index contributed by atoms with van der Waals surface area (Å²) in [4.78, 5) is 2.61. The smallest absolute Gasteiger partial charge is 0.0315 e. The van der Waals surface area contributed by atoms with Crippen LogP contribution in [0.3, 0.4) is 0 Å². The van der Waals surface area contributed by atoms with E-state index < -0.39 is 0 Å².